The van der Waals surface area contributed by atoms with Gasteiger partial charge in [-0.1, -0.05) is 6.92 Å². The van der Waals surface area contributed by atoms with Crippen LogP contribution >= 0.6 is 0 Å². The molecule has 2 bridgehead atoms. The highest BCUT2D eigenvalue weighted by atomic mass is 16.2. The molecular formula is C14H22N2O2. The summed E-state index contributed by atoms with van der Waals surface area (Å²) in [5.41, 5.74) is 0.0698. The minimum absolute atomic E-state index is 0.0698. The molecule has 3 rings (SSSR count). The maximum Gasteiger partial charge on any atom is 0.232 e. The molecule has 100 valence electrons. The topological polar surface area (TPSA) is 49.4 Å². The second-order valence-corrected chi connectivity index (χ2v) is 6.56. The molecule has 3 aliphatic rings. The lowest BCUT2D eigenvalue weighted by atomic mass is 9.81. The van der Waals surface area contributed by atoms with E-state index in [9.17, 15) is 9.59 Å². The van der Waals surface area contributed by atoms with Gasteiger partial charge in [-0.05, 0) is 44.1 Å². The number of carbonyl (C=O) groups is 2. The average Bonchev–Trinajstić information content (AvgIpc) is 2.80. The molecule has 0 spiro atoms. The molecule has 18 heavy (non-hydrogen) atoms. The molecule has 2 heterocycles. The SMILES string of the molecule is CC1(CN2C(=O)C3CCC(C3)C2=O)CCCNC1. The highest BCUT2D eigenvalue weighted by Gasteiger charge is 2.47. The predicted molar refractivity (Wildman–Crippen MR) is 67.8 cm³/mol. The fraction of sp³-hybridized carbons (Fsp3) is 0.857. The van der Waals surface area contributed by atoms with Gasteiger partial charge >= 0.3 is 0 Å². The molecule has 0 aromatic heterocycles. The summed E-state index contributed by atoms with van der Waals surface area (Å²) in [7, 11) is 0. The molecule has 2 saturated heterocycles. The molecular weight excluding hydrogens is 228 g/mol. The van der Waals surface area contributed by atoms with Crippen LogP contribution < -0.4 is 5.32 Å². The number of hydrogen-bond donors (Lipinski definition) is 1. The molecule has 2 amide bonds. The maximum atomic E-state index is 12.3. The second-order valence-electron chi connectivity index (χ2n) is 6.56. The highest BCUT2D eigenvalue weighted by molar-refractivity contribution is 6.00. The molecule has 3 atom stereocenters. The van der Waals surface area contributed by atoms with E-state index in [1.54, 1.807) is 4.90 Å². The van der Waals surface area contributed by atoms with Crippen molar-refractivity contribution in [1.82, 2.24) is 10.2 Å². The number of amides is 2. The first kappa shape index (κ1) is 12.2. The third-order valence-electron chi connectivity index (χ3n) is 4.89. The lowest BCUT2D eigenvalue weighted by molar-refractivity contribution is -0.154. The third kappa shape index (κ3) is 1.96. The monoisotopic (exact) mass is 250 g/mol. The fourth-order valence-corrected chi connectivity index (χ4v) is 3.77. The molecule has 3 fully saturated rings. The first-order chi connectivity index (χ1) is 8.59. The Morgan fingerprint density at radius 2 is 1.94 bits per heavy atom. The van der Waals surface area contributed by atoms with Crippen LogP contribution in [0.5, 0.6) is 0 Å². The Labute approximate surface area is 108 Å². The zero-order chi connectivity index (χ0) is 12.8. The van der Waals surface area contributed by atoms with E-state index in [0.29, 0.717) is 6.54 Å². The predicted octanol–water partition coefficient (Wildman–Crippen LogP) is 1.16. The van der Waals surface area contributed by atoms with E-state index in [-0.39, 0.29) is 29.1 Å². The van der Waals surface area contributed by atoms with Gasteiger partial charge in [0.2, 0.25) is 11.8 Å². The van der Waals surface area contributed by atoms with Crippen molar-refractivity contribution in [3.8, 4) is 0 Å². The molecule has 4 heteroatoms. The summed E-state index contributed by atoms with van der Waals surface area (Å²) in [6.45, 7) is 4.78. The lowest BCUT2D eigenvalue weighted by Crippen LogP contribution is -2.53. The van der Waals surface area contributed by atoms with E-state index in [1.807, 2.05) is 0 Å². The Bertz CT molecular complexity index is 352. The van der Waals surface area contributed by atoms with Crippen LogP contribution in [0, 0.1) is 17.3 Å². The van der Waals surface area contributed by atoms with Gasteiger partial charge in [-0.25, -0.2) is 0 Å². The second kappa shape index (κ2) is 4.34. The Morgan fingerprint density at radius 3 is 2.50 bits per heavy atom. The zero-order valence-electron chi connectivity index (χ0n) is 11.1. The number of piperidine rings is 2. The van der Waals surface area contributed by atoms with Crippen LogP contribution in [0.1, 0.15) is 39.0 Å². The number of fused-ring (bicyclic) bond motifs is 2. The van der Waals surface area contributed by atoms with E-state index in [2.05, 4.69) is 12.2 Å². The number of hydrogen-bond acceptors (Lipinski definition) is 3. The largest absolute Gasteiger partial charge is 0.316 e. The van der Waals surface area contributed by atoms with Gasteiger partial charge in [0.15, 0.2) is 0 Å². The summed E-state index contributed by atoms with van der Waals surface area (Å²) in [4.78, 5) is 26.2. The number of likely N-dealkylation sites (tertiary alicyclic amines) is 1. The first-order valence-corrected chi connectivity index (χ1v) is 7.15. The smallest absolute Gasteiger partial charge is 0.232 e. The molecule has 3 unspecified atom stereocenters. The lowest BCUT2D eigenvalue weighted by Gasteiger charge is -2.40. The van der Waals surface area contributed by atoms with E-state index in [0.717, 1.165) is 45.2 Å². The van der Waals surface area contributed by atoms with Gasteiger partial charge in [0, 0.05) is 24.9 Å². The molecule has 4 nitrogen and oxygen atoms in total. The van der Waals surface area contributed by atoms with Gasteiger partial charge in [0.1, 0.15) is 0 Å². The summed E-state index contributed by atoms with van der Waals surface area (Å²) in [6.07, 6.45) is 4.89. The van der Waals surface area contributed by atoms with Gasteiger partial charge in [-0.3, -0.25) is 14.5 Å². The number of carbonyl (C=O) groups excluding carboxylic acids is 2. The molecule has 1 N–H and O–H groups in total. The van der Waals surface area contributed by atoms with Crippen LogP contribution in [-0.4, -0.2) is 36.3 Å². The van der Waals surface area contributed by atoms with Crippen molar-refractivity contribution >= 4 is 11.8 Å². The summed E-state index contributed by atoms with van der Waals surface area (Å²) in [5.74, 6) is 0.460. The number of nitrogens with one attached hydrogen (secondary N) is 1. The fourth-order valence-electron chi connectivity index (χ4n) is 3.77. The van der Waals surface area contributed by atoms with E-state index in [1.165, 1.54) is 0 Å². The van der Waals surface area contributed by atoms with E-state index >= 15 is 0 Å². The average molecular weight is 250 g/mol. The van der Waals surface area contributed by atoms with E-state index < -0.39 is 0 Å². The molecule has 1 saturated carbocycles. The van der Waals surface area contributed by atoms with Crippen molar-refractivity contribution in [3.05, 3.63) is 0 Å². The van der Waals surface area contributed by atoms with Crippen LogP contribution in [0.2, 0.25) is 0 Å². The minimum atomic E-state index is 0.0698. The third-order valence-corrected chi connectivity index (χ3v) is 4.89. The number of rotatable bonds is 2. The van der Waals surface area contributed by atoms with E-state index in [4.69, 9.17) is 0 Å². The van der Waals surface area contributed by atoms with Gasteiger partial charge in [-0.2, -0.15) is 0 Å². The summed E-state index contributed by atoms with van der Waals surface area (Å²) < 4.78 is 0. The normalized spacial score (nSPS) is 40.4. The van der Waals surface area contributed by atoms with Crippen molar-refractivity contribution in [2.24, 2.45) is 17.3 Å². The Balaban J connectivity index is 1.75. The van der Waals surface area contributed by atoms with Crippen molar-refractivity contribution in [2.75, 3.05) is 19.6 Å². The van der Waals surface area contributed by atoms with Crippen LogP contribution in [-0.2, 0) is 9.59 Å². The number of nitrogens with zero attached hydrogens (tertiary/aromatic N) is 1. The Hall–Kier alpha value is -0.900. The molecule has 0 aromatic carbocycles. The Kier molecular flexibility index (Phi) is 2.93. The number of imide groups is 1. The molecule has 0 aromatic rings. The summed E-state index contributed by atoms with van der Waals surface area (Å²) >= 11 is 0. The van der Waals surface area contributed by atoms with Crippen molar-refractivity contribution in [2.45, 2.75) is 39.0 Å². The van der Waals surface area contributed by atoms with Crippen LogP contribution in [0.15, 0.2) is 0 Å². The van der Waals surface area contributed by atoms with Gasteiger partial charge in [0.05, 0.1) is 0 Å². The maximum absolute atomic E-state index is 12.3. The van der Waals surface area contributed by atoms with Crippen molar-refractivity contribution in [1.29, 1.82) is 0 Å². The van der Waals surface area contributed by atoms with Crippen LogP contribution in [0.25, 0.3) is 0 Å². The van der Waals surface area contributed by atoms with Gasteiger partial charge < -0.3 is 5.32 Å². The zero-order valence-corrected chi connectivity index (χ0v) is 11.1. The molecule has 1 aliphatic carbocycles. The molecule has 2 aliphatic heterocycles. The summed E-state index contributed by atoms with van der Waals surface area (Å²) in [6, 6.07) is 0. The van der Waals surface area contributed by atoms with Crippen molar-refractivity contribution < 1.29 is 9.59 Å². The van der Waals surface area contributed by atoms with Gasteiger partial charge in [0.25, 0.3) is 0 Å². The standard InChI is InChI=1S/C14H22N2O2/c1-14(5-2-6-15-8-14)9-16-12(17)10-3-4-11(7-10)13(16)18/h10-11,15H,2-9H2,1H3. The Morgan fingerprint density at radius 1 is 1.28 bits per heavy atom. The first-order valence-electron chi connectivity index (χ1n) is 7.15. The van der Waals surface area contributed by atoms with Gasteiger partial charge in [-0.15, -0.1) is 0 Å². The van der Waals surface area contributed by atoms with Crippen molar-refractivity contribution in [3.63, 3.8) is 0 Å². The quantitative estimate of drug-likeness (QED) is 0.748. The van der Waals surface area contributed by atoms with Crippen LogP contribution in [0.3, 0.4) is 0 Å². The summed E-state index contributed by atoms with van der Waals surface area (Å²) in [5, 5.41) is 3.38. The highest BCUT2D eigenvalue weighted by Crippen LogP contribution is 2.39. The van der Waals surface area contributed by atoms with Crippen LogP contribution in [0.4, 0.5) is 0 Å². The molecule has 0 radical (unpaired) electrons. The minimum Gasteiger partial charge on any atom is -0.316 e.